The normalized spacial score (nSPS) is 20.9. The van der Waals surface area contributed by atoms with Gasteiger partial charge >= 0.3 is 0 Å². The van der Waals surface area contributed by atoms with E-state index in [2.05, 4.69) is 62.2 Å². The number of fused-ring (bicyclic) bond motifs is 2. The second-order valence-electron chi connectivity index (χ2n) is 8.25. The molecule has 5 rings (SSSR count). The highest BCUT2D eigenvalue weighted by atomic mass is 16.5. The minimum absolute atomic E-state index is 0.00831. The summed E-state index contributed by atoms with van der Waals surface area (Å²) in [7, 11) is 2.07. The Bertz CT molecular complexity index is 1150. The molecule has 29 heavy (non-hydrogen) atoms. The number of ketones is 1. The first kappa shape index (κ1) is 17.7. The van der Waals surface area contributed by atoms with Crippen molar-refractivity contribution in [2.24, 2.45) is 0 Å². The van der Waals surface area contributed by atoms with Gasteiger partial charge in [-0.2, -0.15) is 0 Å². The number of carbonyl (C=O) groups excluding carboxylic acids is 1. The highest BCUT2D eigenvalue weighted by Crippen LogP contribution is 2.54. The Morgan fingerprint density at radius 3 is 2.38 bits per heavy atom. The molecule has 144 valence electrons. The number of benzene rings is 3. The molecule has 0 amide bonds. The van der Waals surface area contributed by atoms with Gasteiger partial charge in [0.15, 0.2) is 5.78 Å². The van der Waals surface area contributed by atoms with Crippen molar-refractivity contribution >= 4 is 17.5 Å². The van der Waals surface area contributed by atoms with Crippen molar-refractivity contribution in [2.75, 3.05) is 11.9 Å². The zero-order chi connectivity index (χ0) is 20.2. The van der Waals surface area contributed by atoms with Gasteiger partial charge in [-0.3, -0.25) is 4.79 Å². The number of ether oxygens (including phenoxy) is 1. The van der Waals surface area contributed by atoms with Crippen LogP contribution in [0.2, 0.25) is 0 Å². The molecule has 3 aromatic rings. The molecule has 2 aliphatic rings. The maximum Gasteiger partial charge on any atom is 0.211 e. The fraction of sp³-hybridized carbons (Fsp3) is 0.192. The molecule has 0 aliphatic carbocycles. The number of rotatable bonds is 2. The summed E-state index contributed by atoms with van der Waals surface area (Å²) in [5, 5.41) is 0. The lowest BCUT2D eigenvalue weighted by atomic mass is 9.76. The molecular formula is C26H23NO2. The molecule has 0 N–H and O–H groups in total. The lowest BCUT2D eigenvalue weighted by molar-refractivity contribution is 0.0580. The first-order chi connectivity index (χ1) is 14.0. The minimum Gasteiger partial charge on any atom is -0.463 e. The number of para-hydroxylation sites is 1. The number of nitrogens with zero attached hydrogens (tertiary/aromatic N) is 1. The maximum absolute atomic E-state index is 13.1. The zero-order valence-corrected chi connectivity index (χ0v) is 16.8. The van der Waals surface area contributed by atoms with Gasteiger partial charge in [-0.1, -0.05) is 60.7 Å². The van der Waals surface area contributed by atoms with Crippen LogP contribution in [0.15, 0.2) is 78.9 Å². The van der Waals surface area contributed by atoms with E-state index in [1.807, 2.05) is 48.5 Å². The van der Waals surface area contributed by atoms with Crippen molar-refractivity contribution in [3.05, 3.63) is 101 Å². The number of hydrogen-bond acceptors (Lipinski definition) is 3. The summed E-state index contributed by atoms with van der Waals surface area (Å²) in [5.41, 5.74) is 3.71. The molecule has 0 saturated heterocycles. The number of carbonyl (C=O) groups is 1. The SMILES string of the molecule is CN1c2ccccc2C(C)(C)C12C=Cc1c(cccc1C(=O)c1ccccc1)O2. The Labute approximate surface area is 171 Å². The predicted octanol–water partition coefficient (Wildman–Crippen LogP) is 5.45. The third kappa shape index (κ3) is 2.34. The Morgan fingerprint density at radius 2 is 1.62 bits per heavy atom. The van der Waals surface area contributed by atoms with E-state index in [0.717, 1.165) is 11.3 Å². The average molecular weight is 381 g/mol. The van der Waals surface area contributed by atoms with Crippen LogP contribution in [0.4, 0.5) is 5.69 Å². The topological polar surface area (TPSA) is 29.5 Å². The van der Waals surface area contributed by atoms with Gasteiger partial charge in [0.05, 0.1) is 5.41 Å². The van der Waals surface area contributed by atoms with E-state index in [0.29, 0.717) is 11.1 Å². The lowest BCUT2D eigenvalue weighted by Gasteiger charge is -2.46. The zero-order valence-electron chi connectivity index (χ0n) is 16.8. The van der Waals surface area contributed by atoms with Crippen molar-refractivity contribution in [2.45, 2.75) is 25.0 Å². The van der Waals surface area contributed by atoms with E-state index in [-0.39, 0.29) is 11.2 Å². The number of likely N-dealkylation sites (N-methyl/N-ethyl adjacent to an activating group) is 1. The molecule has 3 aromatic carbocycles. The summed E-state index contributed by atoms with van der Waals surface area (Å²) < 4.78 is 6.70. The quantitative estimate of drug-likeness (QED) is 0.553. The monoisotopic (exact) mass is 381 g/mol. The highest BCUT2D eigenvalue weighted by molar-refractivity contribution is 6.11. The van der Waals surface area contributed by atoms with Crippen LogP contribution in [0, 0.1) is 0 Å². The van der Waals surface area contributed by atoms with Gasteiger partial charge in [-0.05, 0) is 43.7 Å². The maximum atomic E-state index is 13.1. The van der Waals surface area contributed by atoms with Crippen LogP contribution in [-0.2, 0) is 5.41 Å². The van der Waals surface area contributed by atoms with Gasteiger partial charge in [0.1, 0.15) is 5.75 Å². The van der Waals surface area contributed by atoms with Gasteiger partial charge in [0, 0.05) is 29.4 Å². The summed E-state index contributed by atoms with van der Waals surface area (Å²) in [6, 6.07) is 23.5. The minimum atomic E-state index is -0.641. The second-order valence-corrected chi connectivity index (χ2v) is 8.25. The summed E-state index contributed by atoms with van der Waals surface area (Å²) in [6.07, 6.45) is 4.16. The standard InChI is InChI=1S/C26H23NO2/c1-25(2)21-13-7-8-14-22(21)27(3)26(25)17-16-19-20(12-9-15-23(19)29-26)24(28)18-10-5-4-6-11-18/h4-17H,1-3H3. The fourth-order valence-electron chi connectivity index (χ4n) is 4.75. The summed E-state index contributed by atoms with van der Waals surface area (Å²) in [4.78, 5) is 15.3. The van der Waals surface area contributed by atoms with Crippen molar-refractivity contribution in [1.29, 1.82) is 0 Å². The second kappa shape index (κ2) is 6.08. The van der Waals surface area contributed by atoms with Gasteiger partial charge < -0.3 is 9.64 Å². The first-order valence-corrected chi connectivity index (χ1v) is 9.90. The van der Waals surface area contributed by atoms with Crippen LogP contribution in [0.1, 0.15) is 40.9 Å². The van der Waals surface area contributed by atoms with E-state index in [1.165, 1.54) is 11.3 Å². The smallest absolute Gasteiger partial charge is 0.211 e. The summed E-state index contributed by atoms with van der Waals surface area (Å²) >= 11 is 0. The third-order valence-corrected chi connectivity index (χ3v) is 6.42. The molecule has 2 heterocycles. The van der Waals surface area contributed by atoms with Gasteiger partial charge in [0.25, 0.3) is 0 Å². The Morgan fingerprint density at radius 1 is 0.897 bits per heavy atom. The average Bonchev–Trinajstić information content (AvgIpc) is 2.92. The molecule has 0 aromatic heterocycles. The Kier molecular flexibility index (Phi) is 3.72. The molecule has 0 bridgehead atoms. The van der Waals surface area contributed by atoms with Crippen LogP contribution < -0.4 is 9.64 Å². The van der Waals surface area contributed by atoms with Gasteiger partial charge in [0.2, 0.25) is 5.72 Å². The number of anilines is 1. The van der Waals surface area contributed by atoms with E-state index >= 15 is 0 Å². The number of hydrogen-bond donors (Lipinski definition) is 0. The fourth-order valence-corrected chi connectivity index (χ4v) is 4.75. The molecule has 0 radical (unpaired) electrons. The van der Waals surface area contributed by atoms with Crippen molar-refractivity contribution in [3.63, 3.8) is 0 Å². The largest absolute Gasteiger partial charge is 0.463 e. The van der Waals surface area contributed by atoms with E-state index < -0.39 is 5.72 Å². The third-order valence-electron chi connectivity index (χ3n) is 6.42. The van der Waals surface area contributed by atoms with Crippen LogP contribution in [0.25, 0.3) is 6.08 Å². The van der Waals surface area contributed by atoms with Crippen LogP contribution >= 0.6 is 0 Å². The van der Waals surface area contributed by atoms with Crippen LogP contribution in [0.3, 0.4) is 0 Å². The van der Waals surface area contributed by atoms with Crippen molar-refractivity contribution in [1.82, 2.24) is 0 Å². The molecule has 0 fully saturated rings. The molecule has 1 unspecified atom stereocenters. The molecular weight excluding hydrogens is 358 g/mol. The van der Waals surface area contributed by atoms with Crippen molar-refractivity contribution < 1.29 is 9.53 Å². The molecule has 3 nitrogen and oxygen atoms in total. The van der Waals surface area contributed by atoms with Gasteiger partial charge in [-0.15, -0.1) is 0 Å². The lowest BCUT2D eigenvalue weighted by Crippen LogP contribution is -2.58. The van der Waals surface area contributed by atoms with E-state index in [1.54, 1.807) is 0 Å². The van der Waals surface area contributed by atoms with Crippen LogP contribution in [0.5, 0.6) is 5.75 Å². The molecule has 0 saturated carbocycles. The molecule has 2 aliphatic heterocycles. The predicted molar refractivity (Wildman–Crippen MR) is 117 cm³/mol. The molecule has 1 spiro atoms. The Hall–Kier alpha value is -3.33. The molecule has 1 atom stereocenters. The first-order valence-electron chi connectivity index (χ1n) is 9.90. The summed E-state index contributed by atoms with van der Waals surface area (Å²) in [6.45, 7) is 4.42. The van der Waals surface area contributed by atoms with E-state index in [9.17, 15) is 4.79 Å². The highest BCUT2D eigenvalue weighted by Gasteiger charge is 2.57. The van der Waals surface area contributed by atoms with E-state index in [4.69, 9.17) is 4.74 Å². The summed E-state index contributed by atoms with van der Waals surface area (Å²) in [5.74, 6) is 0.746. The Balaban J connectivity index is 1.61. The van der Waals surface area contributed by atoms with Gasteiger partial charge in [-0.25, -0.2) is 0 Å². The molecule has 3 heteroatoms. The van der Waals surface area contributed by atoms with Crippen molar-refractivity contribution in [3.8, 4) is 5.75 Å². The van der Waals surface area contributed by atoms with Crippen LogP contribution in [-0.4, -0.2) is 18.6 Å².